The Labute approximate surface area is 223 Å². The molecule has 0 spiro atoms. The van der Waals surface area contributed by atoms with Gasteiger partial charge in [0.15, 0.2) is 0 Å². The van der Waals surface area contributed by atoms with Crippen molar-refractivity contribution >= 4 is 52.2 Å². The smallest absolute Gasteiger partial charge is 0.265 e. The van der Waals surface area contributed by atoms with E-state index in [0.717, 1.165) is 35.8 Å². The Morgan fingerprint density at radius 3 is 2.70 bits per heavy atom. The van der Waals surface area contributed by atoms with E-state index in [1.165, 1.54) is 4.90 Å². The minimum absolute atomic E-state index is 0.0743. The molecule has 2 N–H and O–H groups in total. The summed E-state index contributed by atoms with van der Waals surface area (Å²) in [4.78, 5) is 45.2. The van der Waals surface area contributed by atoms with Crippen molar-refractivity contribution in [2.75, 3.05) is 25.0 Å². The van der Waals surface area contributed by atoms with Crippen LogP contribution >= 0.6 is 22.9 Å². The van der Waals surface area contributed by atoms with Crippen LogP contribution in [0.4, 0.5) is 5.69 Å². The van der Waals surface area contributed by atoms with Gasteiger partial charge in [-0.05, 0) is 42.0 Å². The van der Waals surface area contributed by atoms with E-state index in [-0.39, 0.29) is 28.8 Å². The van der Waals surface area contributed by atoms with E-state index >= 15 is 0 Å². The first kappa shape index (κ1) is 25.0. The van der Waals surface area contributed by atoms with Crippen LogP contribution in [0, 0.1) is 5.41 Å². The molecule has 190 valence electrons. The number of rotatable bonds is 7. The standard InChI is InChI=1S/C27H25ClN4O4S/c1-27(2)14-29-22(30-15-27)13-36-17-6-3-5-16(11-17)12-32-25(34)18-7-4-8-19(23(18)26(32)35)31-24(33)20-9-10-21(28)37-20/h3-11H,12-15H2,1-2H3,(H,29,30)(H,31,33). The van der Waals surface area contributed by atoms with Gasteiger partial charge >= 0.3 is 0 Å². The number of amides is 3. The van der Waals surface area contributed by atoms with E-state index < -0.39 is 17.7 Å². The van der Waals surface area contributed by atoms with Gasteiger partial charge in [0.1, 0.15) is 18.2 Å². The molecule has 3 aromatic rings. The summed E-state index contributed by atoms with van der Waals surface area (Å²) in [6.45, 7) is 6.26. The van der Waals surface area contributed by atoms with Gasteiger partial charge in [-0.15, -0.1) is 11.3 Å². The average Bonchev–Trinajstić information content (AvgIpc) is 3.41. The third-order valence-corrected chi connectivity index (χ3v) is 7.36. The monoisotopic (exact) mass is 536 g/mol. The fourth-order valence-electron chi connectivity index (χ4n) is 4.13. The fraction of sp³-hybridized carbons (Fsp3) is 0.259. The summed E-state index contributed by atoms with van der Waals surface area (Å²) < 4.78 is 6.39. The highest BCUT2D eigenvalue weighted by atomic mass is 35.5. The minimum Gasteiger partial charge on any atom is -0.486 e. The molecule has 5 rings (SSSR count). The molecule has 0 fully saturated rings. The van der Waals surface area contributed by atoms with E-state index in [4.69, 9.17) is 16.3 Å². The van der Waals surface area contributed by atoms with Gasteiger partial charge in [0.05, 0.1) is 32.6 Å². The van der Waals surface area contributed by atoms with Crippen LogP contribution in [0.3, 0.4) is 0 Å². The van der Waals surface area contributed by atoms with E-state index in [9.17, 15) is 14.4 Å². The van der Waals surface area contributed by atoms with Crippen LogP contribution in [0.1, 0.15) is 49.8 Å². The maximum absolute atomic E-state index is 13.3. The zero-order chi connectivity index (χ0) is 26.2. The quantitative estimate of drug-likeness (QED) is 0.420. The number of carbonyl (C=O) groups is 3. The number of hydrogen-bond acceptors (Lipinski definition) is 7. The second-order valence-electron chi connectivity index (χ2n) is 9.70. The Morgan fingerprint density at radius 2 is 1.97 bits per heavy atom. The molecule has 0 saturated heterocycles. The number of imide groups is 1. The molecule has 2 aliphatic rings. The van der Waals surface area contributed by atoms with Crippen molar-refractivity contribution in [2.24, 2.45) is 10.4 Å². The van der Waals surface area contributed by atoms with Gasteiger partial charge in [-0.25, -0.2) is 0 Å². The first-order chi connectivity index (χ1) is 17.7. The highest BCUT2D eigenvalue weighted by Gasteiger charge is 2.38. The van der Waals surface area contributed by atoms with Crippen LogP contribution in [0.25, 0.3) is 0 Å². The normalized spacial score (nSPS) is 16.2. The number of halogens is 1. The number of anilines is 1. The number of thiophene rings is 1. The first-order valence-electron chi connectivity index (χ1n) is 11.7. The van der Waals surface area contributed by atoms with Gasteiger partial charge in [-0.2, -0.15) is 0 Å². The predicted molar refractivity (Wildman–Crippen MR) is 144 cm³/mol. The molecule has 2 aromatic carbocycles. The molecular weight excluding hydrogens is 512 g/mol. The Balaban J connectivity index is 1.28. The zero-order valence-corrected chi connectivity index (χ0v) is 21.9. The minimum atomic E-state index is -0.463. The fourth-order valence-corrected chi connectivity index (χ4v) is 5.07. The van der Waals surface area contributed by atoms with Crippen molar-refractivity contribution < 1.29 is 19.1 Å². The molecular formula is C27H25ClN4O4S. The molecule has 1 aromatic heterocycles. The molecule has 8 nitrogen and oxygen atoms in total. The molecule has 0 radical (unpaired) electrons. The van der Waals surface area contributed by atoms with Crippen LogP contribution in [0.15, 0.2) is 59.6 Å². The largest absolute Gasteiger partial charge is 0.486 e. The molecule has 0 aliphatic carbocycles. The number of nitrogens with zero attached hydrogens (tertiary/aromatic N) is 2. The number of hydrogen-bond donors (Lipinski definition) is 2. The number of benzene rings is 2. The van der Waals surface area contributed by atoms with Gasteiger partial charge in [0.2, 0.25) is 0 Å². The van der Waals surface area contributed by atoms with Crippen LogP contribution in [0.5, 0.6) is 5.75 Å². The van der Waals surface area contributed by atoms with E-state index in [1.54, 1.807) is 36.4 Å². The summed E-state index contributed by atoms with van der Waals surface area (Å²) in [7, 11) is 0. The van der Waals surface area contributed by atoms with Gasteiger partial charge in [-0.1, -0.05) is 43.6 Å². The number of carbonyl (C=O) groups excluding carboxylic acids is 3. The number of nitrogens with one attached hydrogen (secondary N) is 2. The SMILES string of the molecule is CC1(C)CN=C(COc2cccc(CN3C(=O)c4cccc(NC(=O)c5ccc(Cl)s5)c4C3=O)c2)NC1. The van der Waals surface area contributed by atoms with Crippen molar-refractivity contribution in [2.45, 2.75) is 20.4 Å². The second-order valence-corrected chi connectivity index (χ2v) is 11.4. The van der Waals surface area contributed by atoms with Crippen molar-refractivity contribution in [1.82, 2.24) is 10.2 Å². The van der Waals surface area contributed by atoms with Gasteiger partial charge in [0.25, 0.3) is 17.7 Å². The number of ether oxygens (including phenoxy) is 1. The van der Waals surface area contributed by atoms with Gasteiger partial charge in [-0.3, -0.25) is 24.3 Å². The molecule has 2 aliphatic heterocycles. The van der Waals surface area contributed by atoms with Crippen molar-refractivity contribution in [3.05, 3.63) is 80.5 Å². The van der Waals surface area contributed by atoms with E-state index in [0.29, 0.717) is 21.6 Å². The Hall–Kier alpha value is -3.69. The maximum atomic E-state index is 13.3. The summed E-state index contributed by atoms with van der Waals surface area (Å²) in [6.07, 6.45) is 0. The molecule has 0 saturated carbocycles. The van der Waals surface area contributed by atoms with Crippen LogP contribution in [-0.4, -0.2) is 48.2 Å². The third kappa shape index (κ3) is 5.38. The summed E-state index contributed by atoms with van der Waals surface area (Å²) in [5.74, 6) is 0.143. The Kier molecular flexibility index (Phi) is 6.74. The second kappa shape index (κ2) is 9.99. The molecule has 3 heterocycles. The number of fused-ring (bicyclic) bond motifs is 1. The molecule has 10 heteroatoms. The molecule has 3 amide bonds. The topological polar surface area (TPSA) is 100 Å². The molecule has 0 atom stereocenters. The van der Waals surface area contributed by atoms with Crippen molar-refractivity contribution in [3.8, 4) is 5.75 Å². The first-order valence-corrected chi connectivity index (χ1v) is 12.9. The highest BCUT2D eigenvalue weighted by Crippen LogP contribution is 2.32. The van der Waals surface area contributed by atoms with E-state index in [1.807, 2.05) is 18.2 Å². The zero-order valence-electron chi connectivity index (χ0n) is 20.3. The lowest BCUT2D eigenvalue weighted by Gasteiger charge is -2.29. The number of aliphatic imine (C=N–C) groups is 1. The van der Waals surface area contributed by atoms with Gasteiger partial charge < -0.3 is 15.4 Å². The maximum Gasteiger partial charge on any atom is 0.265 e. The Bertz CT molecular complexity index is 1430. The predicted octanol–water partition coefficient (Wildman–Crippen LogP) is 4.86. The summed E-state index contributed by atoms with van der Waals surface area (Å²) in [5.41, 5.74) is 1.58. The third-order valence-electron chi connectivity index (χ3n) is 6.13. The van der Waals surface area contributed by atoms with Crippen LogP contribution < -0.4 is 15.4 Å². The Morgan fingerprint density at radius 1 is 1.16 bits per heavy atom. The van der Waals surface area contributed by atoms with Crippen molar-refractivity contribution in [1.29, 1.82) is 0 Å². The van der Waals surface area contributed by atoms with Gasteiger partial charge in [0, 0.05) is 18.5 Å². The summed E-state index contributed by atoms with van der Waals surface area (Å²) in [6, 6.07) is 15.4. The van der Waals surface area contributed by atoms with Crippen LogP contribution in [-0.2, 0) is 6.54 Å². The summed E-state index contributed by atoms with van der Waals surface area (Å²) >= 11 is 7.07. The molecule has 37 heavy (non-hydrogen) atoms. The number of amidine groups is 1. The van der Waals surface area contributed by atoms with Crippen LogP contribution in [0.2, 0.25) is 4.34 Å². The molecule has 0 unspecified atom stereocenters. The lowest BCUT2D eigenvalue weighted by molar-refractivity contribution is 0.0642. The average molecular weight is 537 g/mol. The molecule has 0 bridgehead atoms. The van der Waals surface area contributed by atoms with E-state index in [2.05, 4.69) is 29.5 Å². The van der Waals surface area contributed by atoms with Crippen molar-refractivity contribution in [3.63, 3.8) is 0 Å². The highest BCUT2D eigenvalue weighted by molar-refractivity contribution is 7.18. The summed E-state index contributed by atoms with van der Waals surface area (Å²) in [5, 5.41) is 6.04. The lowest BCUT2D eigenvalue weighted by Crippen LogP contribution is -2.43. The lowest BCUT2D eigenvalue weighted by atomic mass is 9.92.